The summed E-state index contributed by atoms with van der Waals surface area (Å²) < 4.78 is 4.93. The molecule has 2 N–H and O–H groups in total. The Morgan fingerprint density at radius 1 is 1.42 bits per heavy atom. The van der Waals surface area contributed by atoms with Crippen LogP contribution in [0.5, 0.6) is 0 Å². The molecule has 0 aliphatic heterocycles. The molecule has 0 aromatic carbocycles. The molecule has 0 spiro atoms. The van der Waals surface area contributed by atoms with Crippen molar-refractivity contribution in [3.8, 4) is 0 Å². The molecule has 0 aliphatic rings. The van der Waals surface area contributed by atoms with Crippen LogP contribution in [-0.4, -0.2) is 38.0 Å². The summed E-state index contributed by atoms with van der Waals surface area (Å²) in [6.45, 7) is 6.15. The Morgan fingerprint density at radius 3 is 2.50 bits per heavy atom. The molecule has 12 heavy (non-hydrogen) atoms. The van der Waals surface area contributed by atoms with Crippen molar-refractivity contribution >= 4 is 0 Å². The molecule has 0 aromatic heterocycles. The Bertz CT molecular complexity index is 96.5. The predicted octanol–water partition coefficient (Wildman–Crippen LogP) is 0.629. The number of aliphatic hydroxyl groups is 1. The van der Waals surface area contributed by atoms with Gasteiger partial charge in [0.25, 0.3) is 0 Å². The third kappa shape index (κ3) is 5.52. The highest BCUT2D eigenvalue weighted by molar-refractivity contribution is 4.69. The molecule has 0 radical (unpaired) electrons. The Labute approximate surface area is 75.1 Å². The largest absolute Gasteiger partial charge is 0.396 e. The number of ether oxygens (including phenoxy) is 1. The van der Waals surface area contributed by atoms with Gasteiger partial charge in [-0.2, -0.15) is 0 Å². The number of hydrogen-bond acceptors (Lipinski definition) is 3. The van der Waals surface area contributed by atoms with Crippen LogP contribution in [-0.2, 0) is 4.74 Å². The molecule has 3 nitrogen and oxygen atoms in total. The highest BCUT2D eigenvalue weighted by Gasteiger charge is 2.10. The third-order valence-electron chi connectivity index (χ3n) is 1.96. The van der Waals surface area contributed by atoms with Gasteiger partial charge in [0.1, 0.15) is 0 Å². The second-order valence-corrected chi connectivity index (χ2v) is 3.31. The Hall–Kier alpha value is -0.120. The summed E-state index contributed by atoms with van der Waals surface area (Å²) in [7, 11) is 1.69. The molecule has 0 heterocycles. The maximum atomic E-state index is 8.77. The highest BCUT2D eigenvalue weighted by atomic mass is 16.5. The lowest BCUT2D eigenvalue weighted by Gasteiger charge is -2.21. The van der Waals surface area contributed by atoms with Crippen molar-refractivity contribution in [2.24, 2.45) is 5.92 Å². The summed E-state index contributed by atoms with van der Waals surface area (Å²) in [5.41, 5.74) is 0. The molecule has 1 unspecified atom stereocenters. The molecule has 0 bridgehead atoms. The molecule has 74 valence electrons. The van der Waals surface area contributed by atoms with Gasteiger partial charge in [0, 0.05) is 26.3 Å². The monoisotopic (exact) mass is 175 g/mol. The highest BCUT2D eigenvalue weighted by Crippen LogP contribution is 2.04. The van der Waals surface area contributed by atoms with E-state index in [1.807, 2.05) is 0 Å². The molecular weight excluding hydrogens is 154 g/mol. The van der Waals surface area contributed by atoms with Crippen molar-refractivity contribution in [2.75, 3.05) is 26.9 Å². The van der Waals surface area contributed by atoms with Gasteiger partial charge in [-0.3, -0.25) is 0 Å². The van der Waals surface area contributed by atoms with Crippen LogP contribution in [0.3, 0.4) is 0 Å². The molecule has 3 heteroatoms. The van der Waals surface area contributed by atoms with Crippen LogP contribution in [0.25, 0.3) is 0 Å². The first-order valence-electron chi connectivity index (χ1n) is 4.55. The zero-order chi connectivity index (χ0) is 9.40. The lowest BCUT2D eigenvalue weighted by molar-refractivity contribution is 0.184. The van der Waals surface area contributed by atoms with E-state index in [1.165, 1.54) is 0 Å². The van der Waals surface area contributed by atoms with E-state index < -0.39 is 0 Å². The van der Waals surface area contributed by atoms with Crippen LogP contribution in [0.4, 0.5) is 0 Å². The molecule has 1 atom stereocenters. The molecule has 0 rings (SSSR count). The van der Waals surface area contributed by atoms with Gasteiger partial charge >= 0.3 is 0 Å². The van der Waals surface area contributed by atoms with E-state index in [-0.39, 0.29) is 6.61 Å². The van der Waals surface area contributed by atoms with Gasteiger partial charge in [-0.1, -0.05) is 13.8 Å². The average molecular weight is 175 g/mol. The maximum Gasteiger partial charge on any atom is 0.0587 e. The average Bonchev–Trinajstić information content (AvgIpc) is 2.03. The van der Waals surface area contributed by atoms with Gasteiger partial charge in [0.2, 0.25) is 0 Å². The van der Waals surface area contributed by atoms with Crippen LogP contribution in [0.1, 0.15) is 20.3 Å². The Balaban J connectivity index is 3.49. The molecule has 0 aliphatic carbocycles. The van der Waals surface area contributed by atoms with Crippen molar-refractivity contribution in [1.29, 1.82) is 0 Å². The van der Waals surface area contributed by atoms with Gasteiger partial charge in [-0.15, -0.1) is 0 Å². The van der Waals surface area contributed by atoms with Gasteiger partial charge < -0.3 is 15.2 Å². The fourth-order valence-corrected chi connectivity index (χ4v) is 1.16. The third-order valence-corrected chi connectivity index (χ3v) is 1.96. The van der Waals surface area contributed by atoms with Crippen molar-refractivity contribution in [3.05, 3.63) is 0 Å². The van der Waals surface area contributed by atoms with Gasteiger partial charge in [-0.25, -0.2) is 0 Å². The molecular formula is C9H21NO2. The fourth-order valence-electron chi connectivity index (χ4n) is 1.16. The molecule has 0 amide bonds. The number of hydrogen-bond donors (Lipinski definition) is 2. The Morgan fingerprint density at radius 2 is 2.08 bits per heavy atom. The van der Waals surface area contributed by atoms with E-state index in [0.29, 0.717) is 12.0 Å². The van der Waals surface area contributed by atoms with Crippen molar-refractivity contribution in [2.45, 2.75) is 26.3 Å². The number of aliphatic hydroxyl groups excluding tert-OH is 1. The smallest absolute Gasteiger partial charge is 0.0587 e. The summed E-state index contributed by atoms with van der Waals surface area (Å²) in [6.07, 6.45) is 0.821. The second-order valence-electron chi connectivity index (χ2n) is 3.31. The summed E-state index contributed by atoms with van der Waals surface area (Å²) >= 11 is 0. The van der Waals surface area contributed by atoms with Crippen LogP contribution in [0.15, 0.2) is 0 Å². The van der Waals surface area contributed by atoms with Crippen molar-refractivity contribution in [1.82, 2.24) is 5.32 Å². The standard InChI is InChI=1S/C9H21NO2/c1-8(2)9(4-6-11)10-5-7-12-3/h8-11H,4-7H2,1-3H3. The zero-order valence-corrected chi connectivity index (χ0v) is 8.34. The topological polar surface area (TPSA) is 41.5 Å². The lowest BCUT2D eigenvalue weighted by Crippen LogP contribution is -2.36. The fraction of sp³-hybridized carbons (Fsp3) is 1.00. The molecule has 0 saturated carbocycles. The van der Waals surface area contributed by atoms with Gasteiger partial charge in [0.05, 0.1) is 6.61 Å². The van der Waals surface area contributed by atoms with Crippen LogP contribution in [0, 0.1) is 5.92 Å². The number of nitrogens with one attached hydrogen (secondary N) is 1. The first kappa shape index (κ1) is 11.9. The molecule has 0 fully saturated rings. The van der Waals surface area contributed by atoms with E-state index in [2.05, 4.69) is 19.2 Å². The van der Waals surface area contributed by atoms with Gasteiger partial charge in [-0.05, 0) is 12.3 Å². The first-order valence-corrected chi connectivity index (χ1v) is 4.55. The molecule has 0 saturated heterocycles. The summed E-state index contributed by atoms with van der Waals surface area (Å²) in [5, 5.41) is 12.1. The van der Waals surface area contributed by atoms with Crippen LogP contribution >= 0.6 is 0 Å². The summed E-state index contributed by atoms with van der Waals surface area (Å²) in [4.78, 5) is 0. The lowest BCUT2D eigenvalue weighted by atomic mass is 10.0. The normalized spacial score (nSPS) is 13.8. The minimum Gasteiger partial charge on any atom is -0.396 e. The van der Waals surface area contributed by atoms with E-state index in [1.54, 1.807) is 7.11 Å². The predicted molar refractivity (Wildman–Crippen MR) is 50.2 cm³/mol. The van der Waals surface area contributed by atoms with E-state index in [0.717, 1.165) is 19.6 Å². The maximum absolute atomic E-state index is 8.77. The van der Waals surface area contributed by atoms with E-state index in [4.69, 9.17) is 9.84 Å². The zero-order valence-electron chi connectivity index (χ0n) is 8.34. The van der Waals surface area contributed by atoms with Crippen LogP contribution in [0.2, 0.25) is 0 Å². The van der Waals surface area contributed by atoms with E-state index >= 15 is 0 Å². The minimum absolute atomic E-state index is 0.253. The second kappa shape index (κ2) is 7.53. The van der Waals surface area contributed by atoms with Gasteiger partial charge in [0.15, 0.2) is 0 Å². The SMILES string of the molecule is COCCNC(CCO)C(C)C. The first-order chi connectivity index (χ1) is 5.72. The number of rotatable bonds is 7. The molecule has 0 aromatic rings. The van der Waals surface area contributed by atoms with E-state index in [9.17, 15) is 0 Å². The quantitative estimate of drug-likeness (QED) is 0.558. The summed E-state index contributed by atoms with van der Waals surface area (Å²) in [6, 6.07) is 0.408. The van der Waals surface area contributed by atoms with Crippen LogP contribution < -0.4 is 5.32 Å². The summed E-state index contributed by atoms with van der Waals surface area (Å²) in [5.74, 6) is 0.564. The minimum atomic E-state index is 0.253. The van der Waals surface area contributed by atoms with Crippen molar-refractivity contribution in [3.63, 3.8) is 0 Å². The number of methoxy groups -OCH3 is 1. The Kier molecular flexibility index (Phi) is 7.45. The van der Waals surface area contributed by atoms with Crippen molar-refractivity contribution < 1.29 is 9.84 Å².